The van der Waals surface area contributed by atoms with Crippen LogP contribution in [0.5, 0.6) is 0 Å². The Balaban J connectivity index is -0.000000298. The number of hydrogen-bond donors (Lipinski definition) is 2. The zero-order chi connectivity index (χ0) is 17.3. The topological polar surface area (TPSA) is 116 Å². The number of carbonyl (C=O) groups excluding carboxylic acids is 1. The second-order valence-corrected chi connectivity index (χ2v) is 6.30. The fourth-order valence-electron chi connectivity index (χ4n) is 1.77. The van der Waals surface area contributed by atoms with Crippen molar-refractivity contribution in [3.8, 4) is 0 Å². The van der Waals surface area contributed by atoms with Gasteiger partial charge in [-0.3, -0.25) is 4.79 Å². The molecule has 0 fully saturated rings. The van der Waals surface area contributed by atoms with Crippen LogP contribution in [0, 0.1) is 0 Å². The molecule has 0 radical (unpaired) electrons. The van der Waals surface area contributed by atoms with Gasteiger partial charge >= 0.3 is 40.0 Å². The summed E-state index contributed by atoms with van der Waals surface area (Å²) in [7, 11) is -4.17. The van der Waals surface area contributed by atoms with E-state index >= 15 is 0 Å². The fourth-order valence-corrected chi connectivity index (χ4v) is 2.14. The first-order chi connectivity index (χ1) is 10.4. The van der Waals surface area contributed by atoms with Gasteiger partial charge in [0.15, 0.2) is 0 Å². The molecule has 7 nitrogen and oxygen atoms in total. The standard InChI is InChI=1S/C12H26O5S.C2H5NO.Na.H/c1-2-3-4-5-6-7-8-9-10-11-12-16-18(14,15)17-13;1-2(3)4;;/h13H,2-12H2,1H3;1H3,(H2,3,4);;/q;;+1;-1. The second-order valence-electron chi connectivity index (χ2n) is 5.10. The van der Waals surface area contributed by atoms with Gasteiger partial charge in [0.25, 0.3) is 0 Å². The number of amides is 1. The van der Waals surface area contributed by atoms with Gasteiger partial charge in [0.1, 0.15) is 0 Å². The van der Waals surface area contributed by atoms with Gasteiger partial charge in [-0.2, -0.15) is 8.42 Å². The molecule has 0 aromatic carbocycles. The second kappa shape index (κ2) is 20.3. The van der Waals surface area contributed by atoms with Crippen LogP contribution in [0.3, 0.4) is 0 Å². The normalized spacial score (nSPS) is 10.4. The molecule has 3 N–H and O–H groups in total. The van der Waals surface area contributed by atoms with Crippen molar-refractivity contribution in [2.75, 3.05) is 6.61 Å². The van der Waals surface area contributed by atoms with Gasteiger partial charge in [0.2, 0.25) is 5.91 Å². The molecule has 1 amide bonds. The summed E-state index contributed by atoms with van der Waals surface area (Å²) in [5.41, 5.74) is 4.47. The van der Waals surface area contributed by atoms with E-state index < -0.39 is 10.4 Å². The van der Waals surface area contributed by atoms with Crippen LogP contribution in [0.15, 0.2) is 0 Å². The summed E-state index contributed by atoms with van der Waals surface area (Å²) in [5, 5.41) is 7.94. The van der Waals surface area contributed by atoms with Gasteiger partial charge in [0.05, 0.1) is 6.61 Å². The molecule has 0 unspecified atom stereocenters. The van der Waals surface area contributed by atoms with Crippen LogP contribution in [-0.2, 0) is 23.7 Å². The molecule has 9 heteroatoms. The van der Waals surface area contributed by atoms with Crippen molar-refractivity contribution in [2.24, 2.45) is 5.73 Å². The number of nitrogens with two attached hydrogens (primary N) is 1. The monoisotopic (exact) mass is 365 g/mol. The molecule has 0 aliphatic carbocycles. The number of unbranched alkanes of at least 4 members (excludes halogenated alkanes) is 9. The molecule has 136 valence electrons. The molecule has 0 atom stereocenters. The van der Waals surface area contributed by atoms with Gasteiger partial charge in [-0.25, -0.2) is 9.44 Å². The Morgan fingerprint density at radius 1 is 1.00 bits per heavy atom. The van der Waals surface area contributed by atoms with Crippen LogP contribution < -0.4 is 35.3 Å². The minimum Gasteiger partial charge on any atom is -1.00 e. The van der Waals surface area contributed by atoms with Crippen LogP contribution in [0.25, 0.3) is 0 Å². The Hall–Kier alpha value is 0.300. The van der Waals surface area contributed by atoms with Crippen LogP contribution in [0.1, 0.15) is 79.5 Å². The molecule has 0 aliphatic heterocycles. The average molecular weight is 365 g/mol. The Morgan fingerprint density at radius 2 is 1.35 bits per heavy atom. The van der Waals surface area contributed by atoms with Gasteiger partial charge in [-0.05, 0) is 6.42 Å². The Morgan fingerprint density at radius 3 is 1.70 bits per heavy atom. The molecule has 0 rings (SSSR count). The predicted molar refractivity (Wildman–Crippen MR) is 86.4 cm³/mol. The zero-order valence-corrected chi connectivity index (χ0v) is 17.6. The fraction of sp³-hybridized carbons (Fsp3) is 0.929. The maximum atomic E-state index is 10.6. The zero-order valence-electron chi connectivity index (χ0n) is 15.8. The third-order valence-electron chi connectivity index (χ3n) is 2.82. The molecule has 0 bridgehead atoms. The van der Waals surface area contributed by atoms with Gasteiger partial charge in [0, 0.05) is 6.92 Å². The van der Waals surface area contributed by atoms with Crippen molar-refractivity contribution in [3.05, 3.63) is 0 Å². The van der Waals surface area contributed by atoms with Gasteiger partial charge in [-0.15, -0.1) is 0 Å². The van der Waals surface area contributed by atoms with Gasteiger partial charge in [-0.1, -0.05) is 69.0 Å². The van der Waals surface area contributed by atoms with E-state index in [1.807, 2.05) is 0 Å². The molecule has 0 aliphatic rings. The first kappa shape index (κ1) is 28.1. The minimum atomic E-state index is -4.17. The van der Waals surface area contributed by atoms with E-state index in [-0.39, 0.29) is 43.5 Å². The van der Waals surface area contributed by atoms with E-state index in [2.05, 4.69) is 21.2 Å². The van der Waals surface area contributed by atoms with Crippen LogP contribution in [-0.4, -0.2) is 26.2 Å². The third-order valence-corrected chi connectivity index (χ3v) is 3.45. The van der Waals surface area contributed by atoms with E-state index in [1.54, 1.807) is 0 Å². The largest absolute Gasteiger partial charge is 1.00 e. The Labute approximate surface area is 164 Å². The third kappa shape index (κ3) is 30.7. The van der Waals surface area contributed by atoms with Crippen LogP contribution in [0.4, 0.5) is 0 Å². The maximum Gasteiger partial charge on any atom is 1.00 e. The molecule has 23 heavy (non-hydrogen) atoms. The first-order valence-corrected chi connectivity index (χ1v) is 9.17. The van der Waals surface area contributed by atoms with Gasteiger partial charge < -0.3 is 7.16 Å². The summed E-state index contributed by atoms with van der Waals surface area (Å²) < 4.78 is 28.7. The van der Waals surface area contributed by atoms with E-state index in [0.717, 1.165) is 12.8 Å². The van der Waals surface area contributed by atoms with Crippen LogP contribution in [0.2, 0.25) is 0 Å². The SMILES string of the molecule is CC(N)=O.CCCCCCCCCCCCOS(=O)(=O)OO.[H-].[Na+]. The van der Waals surface area contributed by atoms with E-state index in [4.69, 9.17) is 5.26 Å². The molecule has 0 saturated heterocycles. The average Bonchev–Trinajstić information content (AvgIpc) is 2.44. The molecule has 0 saturated carbocycles. The van der Waals surface area contributed by atoms with Crippen molar-refractivity contribution in [1.29, 1.82) is 0 Å². The minimum absolute atomic E-state index is 0. The molecular formula is C14H32NNaO6S. The number of carbonyl (C=O) groups is 1. The van der Waals surface area contributed by atoms with Crippen molar-refractivity contribution in [3.63, 3.8) is 0 Å². The van der Waals surface area contributed by atoms with Crippen LogP contribution >= 0.6 is 0 Å². The summed E-state index contributed by atoms with van der Waals surface area (Å²) >= 11 is 0. The number of primary amides is 1. The summed E-state index contributed by atoms with van der Waals surface area (Å²) in [4.78, 5) is 9.22. The molecule has 0 aromatic heterocycles. The van der Waals surface area contributed by atoms with E-state index in [1.165, 1.54) is 51.9 Å². The molecule has 0 heterocycles. The Bertz CT molecular complexity index is 353. The number of rotatable bonds is 13. The quantitative estimate of drug-likeness (QED) is 0.209. The van der Waals surface area contributed by atoms with Crippen molar-refractivity contribution in [1.82, 2.24) is 0 Å². The van der Waals surface area contributed by atoms with Crippen molar-refractivity contribution >= 4 is 16.3 Å². The summed E-state index contributed by atoms with van der Waals surface area (Å²) in [6, 6.07) is 0. The van der Waals surface area contributed by atoms with Crippen molar-refractivity contribution in [2.45, 2.75) is 78.1 Å². The molecular weight excluding hydrogens is 333 g/mol. The first-order valence-electron chi connectivity index (χ1n) is 7.84. The summed E-state index contributed by atoms with van der Waals surface area (Å²) in [5.74, 6) is -0.333. The number of hydrogen-bond acceptors (Lipinski definition) is 6. The van der Waals surface area contributed by atoms with Crippen molar-refractivity contribution < 1.29 is 58.0 Å². The Kier molecular flexibility index (Phi) is 24.9. The summed E-state index contributed by atoms with van der Waals surface area (Å²) in [6.45, 7) is 3.59. The maximum absolute atomic E-state index is 10.6. The summed E-state index contributed by atoms with van der Waals surface area (Å²) in [6.07, 6.45) is 11.7. The molecule has 0 aromatic rings. The molecule has 0 spiro atoms. The van der Waals surface area contributed by atoms with E-state index in [0.29, 0.717) is 6.42 Å². The predicted octanol–water partition coefficient (Wildman–Crippen LogP) is 0.266. The van der Waals surface area contributed by atoms with E-state index in [9.17, 15) is 13.2 Å². The smallest absolute Gasteiger partial charge is 1.00 e.